The van der Waals surface area contributed by atoms with E-state index in [1.807, 2.05) is 15.8 Å². The zero-order valence-corrected chi connectivity index (χ0v) is 14.7. The summed E-state index contributed by atoms with van der Waals surface area (Å²) in [6.45, 7) is 4.54. The summed E-state index contributed by atoms with van der Waals surface area (Å²) in [7, 11) is 0. The Labute approximate surface area is 146 Å². The summed E-state index contributed by atoms with van der Waals surface area (Å²) in [6.07, 6.45) is 1.75. The number of nitrogens with zero attached hydrogens (tertiary/aromatic N) is 2. The van der Waals surface area contributed by atoms with Crippen LogP contribution in [0.4, 0.5) is 4.79 Å². The Hall–Kier alpha value is -1.92. The number of urea groups is 1. The predicted octanol–water partition coefficient (Wildman–Crippen LogP) is 3.03. The van der Waals surface area contributed by atoms with Crippen molar-refractivity contribution in [2.45, 2.75) is 25.9 Å². The van der Waals surface area contributed by atoms with E-state index in [9.17, 15) is 4.79 Å². The highest BCUT2D eigenvalue weighted by molar-refractivity contribution is 7.07. The first kappa shape index (κ1) is 16.9. The van der Waals surface area contributed by atoms with Crippen LogP contribution in [0.2, 0.25) is 0 Å². The third-order valence-corrected chi connectivity index (χ3v) is 4.89. The molecule has 1 N–H and O–H groups in total. The fourth-order valence-electron chi connectivity index (χ4n) is 2.77. The Balaban J connectivity index is 1.51. The quantitative estimate of drug-likeness (QED) is 0.906. The molecule has 0 bridgehead atoms. The lowest BCUT2D eigenvalue weighted by molar-refractivity contribution is -0.0154. The molecular formula is C18H23N3O2S. The van der Waals surface area contributed by atoms with Crippen LogP contribution >= 0.6 is 11.3 Å². The maximum Gasteiger partial charge on any atom is 0.317 e. The van der Waals surface area contributed by atoms with Crippen molar-refractivity contribution in [3.05, 3.63) is 52.0 Å². The molecule has 2 heterocycles. The van der Waals surface area contributed by atoms with Crippen LogP contribution in [-0.2, 0) is 17.6 Å². The maximum absolute atomic E-state index is 12.3. The van der Waals surface area contributed by atoms with Gasteiger partial charge in [-0.2, -0.15) is 0 Å². The average molecular weight is 345 g/mol. The normalized spacial score (nSPS) is 17.7. The molecule has 2 amide bonds. The standard InChI is InChI=1S/C18H23N3O2S/c1-2-14-3-5-15(6-4-14)17-11-21(9-10-23-17)18(22)19-8-7-16-12-24-13-20-16/h3-6,12-13,17H,2,7-11H2,1H3,(H,19,22). The van der Waals surface area contributed by atoms with Crippen LogP contribution < -0.4 is 5.32 Å². The summed E-state index contributed by atoms with van der Waals surface area (Å²) in [5.41, 5.74) is 5.28. The van der Waals surface area contributed by atoms with Crippen LogP contribution in [0.25, 0.3) is 0 Å². The highest BCUT2D eigenvalue weighted by Crippen LogP contribution is 2.22. The first-order chi connectivity index (χ1) is 11.8. The molecule has 1 aliphatic heterocycles. The molecule has 6 heteroatoms. The molecule has 1 fully saturated rings. The van der Waals surface area contributed by atoms with Gasteiger partial charge in [-0.1, -0.05) is 31.2 Å². The Morgan fingerprint density at radius 1 is 1.42 bits per heavy atom. The third-order valence-electron chi connectivity index (χ3n) is 4.25. The Kier molecular flexibility index (Phi) is 5.82. The van der Waals surface area contributed by atoms with Crippen molar-refractivity contribution in [1.29, 1.82) is 0 Å². The van der Waals surface area contributed by atoms with Gasteiger partial charge in [-0.15, -0.1) is 11.3 Å². The number of ether oxygens (including phenoxy) is 1. The van der Waals surface area contributed by atoms with Gasteiger partial charge in [-0.3, -0.25) is 0 Å². The topological polar surface area (TPSA) is 54.5 Å². The number of hydrogen-bond donors (Lipinski definition) is 1. The summed E-state index contributed by atoms with van der Waals surface area (Å²) < 4.78 is 5.85. The smallest absolute Gasteiger partial charge is 0.317 e. The molecule has 5 nitrogen and oxygen atoms in total. The zero-order chi connectivity index (χ0) is 16.8. The number of benzene rings is 1. The molecule has 0 spiro atoms. The van der Waals surface area contributed by atoms with E-state index >= 15 is 0 Å². The van der Waals surface area contributed by atoms with Gasteiger partial charge >= 0.3 is 6.03 Å². The number of rotatable bonds is 5. The predicted molar refractivity (Wildman–Crippen MR) is 95.3 cm³/mol. The second kappa shape index (κ2) is 8.26. The van der Waals surface area contributed by atoms with E-state index < -0.39 is 0 Å². The minimum absolute atomic E-state index is 0.0243. The van der Waals surface area contributed by atoms with Gasteiger partial charge in [-0.05, 0) is 17.5 Å². The van der Waals surface area contributed by atoms with Crippen LogP contribution in [-0.4, -0.2) is 42.2 Å². The van der Waals surface area contributed by atoms with Gasteiger partial charge in [0.1, 0.15) is 6.10 Å². The number of aryl methyl sites for hydroxylation is 1. The fraction of sp³-hybridized carbons (Fsp3) is 0.444. The molecule has 0 radical (unpaired) electrons. The largest absolute Gasteiger partial charge is 0.370 e. The fourth-order valence-corrected chi connectivity index (χ4v) is 3.37. The van der Waals surface area contributed by atoms with Gasteiger partial charge in [0.15, 0.2) is 0 Å². The number of thiazole rings is 1. The number of carbonyl (C=O) groups is 1. The van der Waals surface area contributed by atoms with E-state index in [0.29, 0.717) is 26.2 Å². The zero-order valence-electron chi connectivity index (χ0n) is 13.9. The van der Waals surface area contributed by atoms with Gasteiger partial charge in [0.2, 0.25) is 0 Å². The molecule has 3 rings (SSSR count). The van der Waals surface area contributed by atoms with E-state index in [1.165, 1.54) is 5.56 Å². The lowest BCUT2D eigenvalue weighted by Crippen LogP contribution is -2.47. The van der Waals surface area contributed by atoms with Crippen molar-refractivity contribution in [2.75, 3.05) is 26.2 Å². The highest BCUT2D eigenvalue weighted by Gasteiger charge is 2.25. The van der Waals surface area contributed by atoms with E-state index in [-0.39, 0.29) is 12.1 Å². The van der Waals surface area contributed by atoms with E-state index in [4.69, 9.17) is 4.74 Å². The SMILES string of the molecule is CCc1ccc(C2CN(C(=O)NCCc3cscn3)CCO2)cc1. The molecular weight excluding hydrogens is 322 g/mol. The maximum atomic E-state index is 12.3. The number of carbonyl (C=O) groups excluding carboxylic acids is 1. The molecule has 24 heavy (non-hydrogen) atoms. The van der Waals surface area contributed by atoms with Gasteiger partial charge in [0.25, 0.3) is 0 Å². The van der Waals surface area contributed by atoms with Crippen molar-refractivity contribution < 1.29 is 9.53 Å². The number of nitrogens with one attached hydrogen (secondary N) is 1. The molecule has 1 aliphatic rings. The second-order valence-corrected chi connectivity index (χ2v) is 6.58. The minimum atomic E-state index is -0.0473. The van der Waals surface area contributed by atoms with E-state index in [0.717, 1.165) is 24.1 Å². The van der Waals surface area contributed by atoms with Crippen molar-refractivity contribution in [2.24, 2.45) is 0 Å². The lowest BCUT2D eigenvalue weighted by Gasteiger charge is -2.33. The van der Waals surface area contributed by atoms with Crippen LogP contribution in [0.3, 0.4) is 0 Å². The molecule has 128 valence electrons. The van der Waals surface area contributed by atoms with Gasteiger partial charge in [0.05, 0.1) is 24.4 Å². The number of amides is 2. The lowest BCUT2D eigenvalue weighted by atomic mass is 10.0. The Morgan fingerprint density at radius 3 is 2.96 bits per heavy atom. The first-order valence-electron chi connectivity index (χ1n) is 8.36. The van der Waals surface area contributed by atoms with Crippen molar-refractivity contribution in [3.8, 4) is 0 Å². The Bertz CT molecular complexity index is 643. The van der Waals surface area contributed by atoms with Crippen LogP contribution in [0.5, 0.6) is 0 Å². The summed E-state index contributed by atoms with van der Waals surface area (Å²) in [5.74, 6) is 0. The molecule has 0 saturated carbocycles. The number of aromatic nitrogens is 1. The molecule has 0 aliphatic carbocycles. The second-order valence-electron chi connectivity index (χ2n) is 5.86. The van der Waals surface area contributed by atoms with Gasteiger partial charge in [0, 0.05) is 24.9 Å². The molecule has 1 atom stereocenters. The van der Waals surface area contributed by atoms with E-state index in [2.05, 4.69) is 41.5 Å². The summed E-state index contributed by atoms with van der Waals surface area (Å²) in [4.78, 5) is 18.4. The van der Waals surface area contributed by atoms with Crippen molar-refractivity contribution >= 4 is 17.4 Å². The average Bonchev–Trinajstić information content (AvgIpc) is 3.15. The third kappa shape index (κ3) is 4.33. The van der Waals surface area contributed by atoms with Crippen LogP contribution in [0.15, 0.2) is 35.2 Å². The van der Waals surface area contributed by atoms with Gasteiger partial charge in [-0.25, -0.2) is 9.78 Å². The molecule has 1 saturated heterocycles. The summed E-state index contributed by atoms with van der Waals surface area (Å²) in [5, 5.41) is 4.99. The van der Waals surface area contributed by atoms with Crippen molar-refractivity contribution in [1.82, 2.24) is 15.2 Å². The Morgan fingerprint density at radius 2 is 2.25 bits per heavy atom. The first-order valence-corrected chi connectivity index (χ1v) is 9.31. The molecule has 2 aromatic rings. The van der Waals surface area contributed by atoms with Crippen LogP contribution in [0.1, 0.15) is 29.8 Å². The molecule has 1 unspecified atom stereocenters. The number of morpholine rings is 1. The van der Waals surface area contributed by atoms with E-state index in [1.54, 1.807) is 11.3 Å². The summed E-state index contributed by atoms with van der Waals surface area (Å²) in [6, 6.07) is 8.45. The number of hydrogen-bond acceptors (Lipinski definition) is 4. The molecule has 1 aromatic heterocycles. The summed E-state index contributed by atoms with van der Waals surface area (Å²) >= 11 is 1.58. The monoisotopic (exact) mass is 345 g/mol. The van der Waals surface area contributed by atoms with Crippen LogP contribution in [0, 0.1) is 0 Å². The van der Waals surface area contributed by atoms with Crippen molar-refractivity contribution in [3.63, 3.8) is 0 Å². The van der Waals surface area contributed by atoms with Gasteiger partial charge < -0.3 is 15.0 Å². The highest BCUT2D eigenvalue weighted by atomic mass is 32.1. The molecule has 1 aromatic carbocycles. The minimum Gasteiger partial charge on any atom is -0.370 e.